The fourth-order valence-corrected chi connectivity index (χ4v) is 2.46. The lowest BCUT2D eigenvalue weighted by Gasteiger charge is -2.27. The topological polar surface area (TPSA) is 237 Å². The van der Waals surface area contributed by atoms with Gasteiger partial charge in [-0.15, -0.1) is 0 Å². The number of carboxylic acids is 1. The largest absolute Gasteiger partial charge is 0.480 e. The fraction of sp³-hybridized carbons (Fsp3) is 0.667. The van der Waals surface area contributed by atoms with Crippen molar-refractivity contribution >= 4 is 35.5 Å². The van der Waals surface area contributed by atoms with E-state index in [-0.39, 0.29) is 18.8 Å². The first-order valence-electron chi connectivity index (χ1n) is 9.76. The maximum atomic E-state index is 12.8. The van der Waals surface area contributed by atoms with E-state index >= 15 is 0 Å². The van der Waals surface area contributed by atoms with Gasteiger partial charge in [0.2, 0.25) is 29.5 Å². The van der Waals surface area contributed by atoms with Crippen molar-refractivity contribution in [3.63, 3.8) is 0 Å². The van der Waals surface area contributed by atoms with Gasteiger partial charge in [-0.2, -0.15) is 0 Å². The van der Waals surface area contributed by atoms with Crippen LogP contribution in [0.4, 0.5) is 0 Å². The summed E-state index contributed by atoms with van der Waals surface area (Å²) in [5.74, 6) is -5.54. The molecule has 0 aliphatic heterocycles. The third-order valence-corrected chi connectivity index (χ3v) is 4.59. The zero-order valence-corrected chi connectivity index (χ0v) is 17.8. The molecule has 0 aliphatic carbocycles. The van der Waals surface area contributed by atoms with E-state index in [1.165, 1.54) is 6.92 Å². The molecule has 0 aromatic rings. The van der Waals surface area contributed by atoms with Crippen LogP contribution in [0.2, 0.25) is 0 Å². The molecular formula is C18H32N6O7. The van der Waals surface area contributed by atoms with E-state index in [9.17, 15) is 28.8 Å². The molecule has 5 atom stereocenters. The number of carboxylic acid groups (broad SMARTS) is 1. The molecule has 0 bridgehead atoms. The summed E-state index contributed by atoms with van der Waals surface area (Å²) in [5, 5.41) is 16.0. The maximum Gasteiger partial charge on any atom is 0.325 e. The maximum absolute atomic E-state index is 12.8. The van der Waals surface area contributed by atoms with E-state index < -0.39 is 66.1 Å². The number of carbonyl (C=O) groups is 6. The Hall–Kier alpha value is -3.22. The average Bonchev–Trinajstić information content (AvgIpc) is 2.67. The number of rotatable bonds is 14. The second-order valence-electron chi connectivity index (χ2n) is 7.28. The van der Waals surface area contributed by atoms with Crippen LogP contribution in [0.3, 0.4) is 0 Å². The molecule has 0 rings (SSSR count). The van der Waals surface area contributed by atoms with Crippen LogP contribution in [-0.2, 0) is 28.8 Å². The molecule has 0 spiro atoms. The highest BCUT2D eigenvalue weighted by Crippen LogP contribution is 2.10. The number of nitrogens with one attached hydrogen (secondary N) is 3. The van der Waals surface area contributed by atoms with Gasteiger partial charge in [0.15, 0.2) is 0 Å². The van der Waals surface area contributed by atoms with Crippen LogP contribution in [0.1, 0.15) is 46.5 Å². The third-order valence-electron chi connectivity index (χ3n) is 4.59. The summed E-state index contributed by atoms with van der Waals surface area (Å²) in [7, 11) is 0. The van der Waals surface area contributed by atoms with Crippen LogP contribution in [-0.4, -0.2) is 64.8 Å². The molecule has 13 nitrogen and oxygen atoms in total. The molecule has 5 unspecified atom stereocenters. The normalized spacial score (nSPS) is 15.5. The molecule has 176 valence electrons. The molecule has 0 fully saturated rings. The van der Waals surface area contributed by atoms with Crippen LogP contribution in [0, 0.1) is 5.92 Å². The summed E-state index contributed by atoms with van der Waals surface area (Å²) >= 11 is 0. The van der Waals surface area contributed by atoms with Gasteiger partial charge in [0, 0.05) is 6.42 Å². The lowest BCUT2D eigenvalue weighted by molar-refractivity contribution is -0.142. The number of hydrogen-bond acceptors (Lipinski definition) is 7. The van der Waals surface area contributed by atoms with Crippen LogP contribution >= 0.6 is 0 Å². The van der Waals surface area contributed by atoms with Crippen molar-refractivity contribution in [2.24, 2.45) is 23.1 Å². The molecule has 0 aliphatic rings. The predicted octanol–water partition coefficient (Wildman–Crippen LogP) is -2.94. The zero-order chi connectivity index (χ0) is 24.3. The molecule has 0 aromatic carbocycles. The monoisotopic (exact) mass is 444 g/mol. The molecule has 0 aromatic heterocycles. The van der Waals surface area contributed by atoms with Crippen molar-refractivity contribution in [1.82, 2.24) is 16.0 Å². The summed E-state index contributed by atoms with van der Waals surface area (Å²) in [6, 6.07) is -4.89. The lowest BCUT2D eigenvalue weighted by Crippen LogP contribution is -2.58. The van der Waals surface area contributed by atoms with Gasteiger partial charge in [0.25, 0.3) is 0 Å². The summed E-state index contributed by atoms with van der Waals surface area (Å²) < 4.78 is 0. The second-order valence-corrected chi connectivity index (χ2v) is 7.28. The Morgan fingerprint density at radius 2 is 1.45 bits per heavy atom. The summed E-state index contributed by atoms with van der Waals surface area (Å²) in [6.07, 6.45) is -0.375. The van der Waals surface area contributed by atoms with Crippen molar-refractivity contribution < 1.29 is 33.9 Å². The molecule has 5 amide bonds. The van der Waals surface area contributed by atoms with Gasteiger partial charge in [-0.3, -0.25) is 28.8 Å². The van der Waals surface area contributed by atoms with E-state index in [0.717, 1.165) is 0 Å². The summed E-state index contributed by atoms with van der Waals surface area (Å²) in [5.41, 5.74) is 15.7. The van der Waals surface area contributed by atoms with Gasteiger partial charge in [-0.05, 0) is 19.3 Å². The van der Waals surface area contributed by atoms with Crippen molar-refractivity contribution in [1.29, 1.82) is 0 Å². The molecule has 0 saturated carbocycles. The number of hydrogen-bond donors (Lipinski definition) is 7. The van der Waals surface area contributed by atoms with Gasteiger partial charge >= 0.3 is 5.97 Å². The minimum absolute atomic E-state index is 0.179. The van der Waals surface area contributed by atoms with Crippen molar-refractivity contribution in [2.45, 2.75) is 70.6 Å². The quantitative estimate of drug-likeness (QED) is 0.146. The number of carbonyl (C=O) groups excluding carboxylic acids is 5. The van der Waals surface area contributed by atoms with Crippen LogP contribution in [0.15, 0.2) is 0 Å². The predicted molar refractivity (Wildman–Crippen MR) is 109 cm³/mol. The van der Waals surface area contributed by atoms with Gasteiger partial charge in [-0.1, -0.05) is 20.3 Å². The Kier molecular flexibility index (Phi) is 11.8. The molecule has 0 radical (unpaired) electrons. The number of nitrogens with two attached hydrogens (primary N) is 3. The highest BCUT2D eigenvalue weighted by atomic mass is 16.4. The molecule has 10 N–H and O–H groups in total. The second kappa shape index (κ2) is 13.2. The Labute approximate surface area is 179 Å². The first-order chi connectivity index (χ1) is 14.3. The summed E-state index contributed by atoms with van der Waals surface area (Å²) in [4.78, 5) is 70.5. The number of aliphatic carboxylic acids is 1. The lowest BCUT2D eigenvalue weighted by atomic mass is 9.97. The van der Waals surface area contributed by atoms with Crippen molar-refractivity contribution in [3.05, 3.63) is 0 Å². The smallest absolute Gasteiger partial charge is 0.325 e. The van der Waals surface area contributed by atoms with Gasteiger partial charge in [0.05, 0.1) is 12.5 Å². The molecule has 0 saturated heterocycles. The third kappa shape index (κ3) is 10.4. The Morgan fingerprint density at radius 3 is 1.90 bits per heavy atom. The van der Waals surface area contributed by atoms with Gasteiger partial charge in [-0.25, -0.2) is 0 Å². The van der Waals surface area contributed by atoms with E-state index in [4.69, 9.17) is 22.3 Å². The standard InChI is InChI=1S/C18H32N6O7/c1-4-8(2)14(24-15(27)10(19)7-13(21)26)17(29)23-11(5-6-12(20)25)16(28)22-9(3)18(30)31/h8-11,14H,4-7,19H2,1-3H3,(H2,20,25)(H2,21,26)(H,22,28)(H,23,29)(H,24,27)(H,30,31). The first-order valence-corrected chi connectivity index (χ1v) is 9.76. The fourth-order valence-electron chi connectivity index (χ4n) is 2.46. The Bertz CT molecular complexity index is 699. The highest BCUT2D eigenvalue weighted by Gasteiger charge is 2.32. The van der Waals surface area contributed by atoms with E-state index in [1.807, 2.05) is 0 Å². The van der Waals surface area contributed by atoms with Crippen molar-refractivity contribution in [3.8, 4) is 0 Å². The minimum atomic E-state index is -1.29. The van der Waals surface area contributed by atoms with Gasteiger partial charge in [0.1, 0.15) is 18.1 Å². The average molecular weight is 444 g/mol. The molecule has 0 heterocycles. The Morgan fingerprint density at radius 1 is 0.871 bits per heavy atom. The summed E-state index contributed by atoms with van der Waals surface area (Å²) in [6.45, 7) is 4.68. The van der Waals surface area contributed by atoms with E-state index in [0.29, 0.717) is 6.42 Å². The van der Waals surface area contributed by atoms with Crippen LogP contribution < -0.4 is 33.2 Å². The molecule has 31 heavy (non-hydrogen) atoms. The van der Waals surface area contributed by atoms with E-state index in [1.54, 1.807) is 13.8 Å². The zero-order valence-electron chi connectivity index (χ0n) is 17.8. The molecule has 13 heteroatoms. The molecular weight excluding hydrogens is 412 g/mol. The SMILES string of the molecule is CCC(C)C(NC(=O)C(N)CC(N)=O)C(=O)NC(CCC(N)=O)C(=O)NC(C)C(=O)O. The van der Waals surface area contributed by atoms with Crippen LogP contribution in [0.5, 0.6) is 0 Å². The van der Waals surface area contributed by atoms with Crippen LogP contribution in [0.25, 0.3) is 0 Å². The number of amides is 5. The van der Waals surface area contributed by atoms with Crippen molar-refractivity contribution in [2.75, 3.05) is 0 Å². The Balaban J connectivity index is 5.47. The first kappa shape index (κ1) is 27.8. The highest BCUT2D eigenvalue weighted by molar-refractivity contribution is 5.95. The number of primary amides is 2. The van der Waals surface area contributed by atoms with E-state index in [2.05, 4.69) is 16.0 Å². The van der Waals surface area contributed by atoms with Gasteiger partial charge < -0.3 is 38.3 Å². The minimum Gasteiger partial charge on any atom is -0.480 e.